The third-order valence-corrected chi connectivity index (χ3v) is 3.38. The summed E-state index contributed by atoms with van der Waals surface area (Å²) >= 11 is 0. The van der Waals surface area contributed by atoms with Crippen LogP contribution in [0.25, 0.3) is 0 Å². The van der Waals surface area contributed by atoms with Gasteiger partial charge in [-0.15, -0.1) is 0 Å². The number of esters is 1. The molecular weight excluding hydrogens is 228 g/mol. The smallest absolute Gasteiger partial charge is 0.309 e. The Labute approximate surface area is 112 Å². The van der Waals surface area contributed by atoms with Gasteiger partial charge in [-0.2, -0.15) is 0 Å². The monoisotopic (exact) mass is 258 g/mol. The van der Waals surface area contributed by atoms with Gasteiger partial charge in [-0.1, -0.05) is 20.8 Å². The van der Waals surface area contributed by atoms with Crippen molar-refractivity contribution < 1.29 is 9.53 Å². The number of rotatable bonds is 10. The van der Waals surface area contributed by atoms with Crippen LogP contribution in [-0.2, 0) is 9.53 Å². The Hall–Kier alpha value is -0.610. The van der Waals surface area contributed by atoms with Gasteiger partial charge in [-0.25, -0.2) is 0 Å². The maximum absolute atomic E-state index is 11.2. The fourth-order valence-corrected chi connectivity index (χ4v) is 1.93. The molecule has 0 bridgehead atoms. The van der Waals surface area contributed by atoms with E-state index in [1.54, 1.807) is 0 Å². The Morgan fingerprint density at radius 1 is 1.28 bits per heavy atom. The molecule has 4 nitrogen and oxygen atoms in total. The summed E-state index contributed by atoms with van der Waals surface area (Å²) in [6.45, 7) is 12.6. The second-order valence-corrected chi connectivity index (χ2v) is 4.90. The third kappa shape index (κ3) is 7.67. The molecule has 0 spiro atoms. The normalized spacial score (nSPS) is 14.6. The molecule has 0 aromatic rings. The Bertz CT molecular complexity index is 218. The SMILES string of the molecule is CCN(CC)CCC[C@@H](C)NC[C@H](C)C(=O)OC. The molecule has 0 radical (unpaired) electrons. The highest BCUT2D eigenvalue weighted by Crippen LogP contribution is 2.02. The van der Waals surface area contributed by atoms with E-state index in [1.807, 2.05) is 6.92 Å². The summed E-state index contributed by atoms with van der Waals surface area (Å²) in [7, 11) is 1.44. The molecule has 4 heteroatoms. The number of nitrogens with zero attached hydrogens (tertiary/aromatic N) is 1. The van der Waals surface area contributed by atoms with Gasteiger partial charge in [0, 0.05) is 12.6 Å². The molecule has 0 amide bonds. The second-order valence-electron chi connectivity index (χ2n) is 4.90. The van der Waals surface area contributed by atoms with Crippen molar-refractivity contribution in [1.29, 1.82) is 0 Å². The Morgan fingerprint density at radius 3 is 2.39 bits per heavy atom. The Balaban J connectivity index is 3.65. The molecule has 0 saturated heterocycles. The predicted octanol–water partition coefficient (Wildman–Crippen LogP) is 1.90. The van der Waals surface area contributed by atoms with E-state index < -0.39 is 0 Å². The lowest BCUT2D eigenvalue weighted by Crippen LogP contribution is -2.34. The molecule has 0 aromatic heterocycles. The van der Waals surface area contributed by atoms with Crippen LogP contribution in [0.3, 0.4) is 0 Å². The minimum atomic E-state index is -0.141. The highest BCUT2D eigenvalue weighted by molar-refractivity contribution is 5.72. The van der Waals surface area contributed by atoms with Gasteiger partial charge in [-0.3, -0.25) is 4.79 Å². The van der Waals surface area contributed by atoms with Crippen LogP contribution in [0.2, 0.25) is 0 Å². The molecule has 0 fully saturated rings. The molecule has 0 heterocycles. The van der Waals surface area contributed by atoms with Gasteiger partial charge in [0.15, 0.2) is 0 Å². The van der Waals surface area contributed by atoms with Gasteiger partial charge in [0.25, 0.3) is 0 Å². The van der Waals surface area contributed by atoms with Crippen LogP contribution in [0.5, 0.6) is 0 Å². The first-order valence-corrected chi connectivity index (χ1v) is 7.08. The molecule has 0 aliphatic carbocycles. The summed E-state index contributed by atoms with van der Waals surface area (Å²) in [6, 6.07) is 0.452. The first-order chi connectivity index (χ1) is 8.54. The molecule has 2 atom stereocenters. The maximum atomic E-state index is 11.2. The summed E-state index contributed by atoms with van der Waals surface area (Å²) in [5.74, 6) is -0.210. The van der Waals surface area contributed by atoms with Crippen LogP contribution in [0.4, 0.5) is 0 Å². The van der Waals surface area contributed by atoms with E-state index in [4.69, 9.17) is 4.74 Å². The minimum Gasteiger partial charge on any atom is -0.469 e. The number of carbonyl (C=O) groups is 1. The summed E-state index contributed by atoms with van der Waals surface area (Å²) in [5, 5.41) is 3.39. The average molecular weight is 258 g/mol. The van der Waals surface area contributed by atoms with Crippen molar-refractivity contribution in [2.75, 3.05) is 33.3 Å². The lowest BCUT2D eigenvalue weighted by molar-refractivity contribution is -0.144. The first-order valence-electron chi connectivity index (χ1n) is 7.08. The molecule has 18 heavy (non-hydrogen) atoms. The molecule has 0 aliphatic rings. The first kappa shape index (κ1) is 17.4. The number of ether oxygens (including phenoxy) is 1. The molecular formula is C14H30N2O2. The van der Waals surface area contributed by atoms with Crippen molar-refractivity contribution in [2.45, 2.75) is 46.6 Å². The highest BCUT2D eigenvalue weighted by atomic mass is 16.5. The summed E-state index contributed by atoms with van der Waals surface area (Å²) in [4.78, 5) is 13.7. The zero-order valence-electron chi connectivity index (χ0n) is 12.7. The van der Waals surface area contributed by atoms with Crippen LogP contribution >= 0.6 is 0 Å². The van der Waals surface area contributed by atoms with Crippen LogP contribution in [-0.4, -0.2) is 50.2 Å². The van der Waals surface area contributed by atoms with E-state index >= 15 is 0 Å². The van der Waals surface area contributed by atoms with Gasteiger partial charge in [-0.05, 0) is 39.4 Å². The molecule has 0 aromatic carbocycles. The Kier molecular flexibility index (Phi) is 9.98. The van der Waals surface area contributed by atoms with Gasteiger partial charge in [0.1, 0.15) is 0 Å². The largest absolute Gasteiger partial charge is 0.469 e. The maximum Gasteiger partial charge on any atom is 0.309 e. The van der Waals surface area contributed by atoms with E-state index in [9.17, 15) is 4.79 Å². The molecule has 108 valence electrons. The molecule has 0 unspecified atom stereocenters. The number of hydrogen-bond donors (Lipinski definition) is 1. The van der Waals surface area contributed by atoms with Crippen molar-refractivity contribution in [1.82, 2.24) is 10.2 Å². The van der Waals surface area contributed by atoms with E-state index in [-0.39, 0.29) is 11.9 Å². The van der Waals surface area contributed by atoms with Crippen molar-refractivity contribution in [3.8, 4) is 0 Å². The van der Waals surface area contributed by atoms with Gasteiger partial charge < -0.3 is 15.0 Å². The van der Waals surface area contributed by atoms with Crippen molar-refractivity contribution in [3.05, 3.63) is 0 Å². The number of methoxy groups -OCH3 is 1. The van der Waals surface area contributed by atoms with Crippen LogP contribution in [0, 0.1) is 5.92 Å². The zero-order valence-corrected chi connectivity index (χ0v) is 12.7. The van der Waals surface area contributed by atoms with Crippen LogP contribution < -0.4 is 5.32 Å². The van der Waals surface area contributed by atoms with Gasteiger partial charge in [0.05, 0.1) is 13.0 Å². The van der Waals surface area contributed by atoms with E-state index in [0.717, 1.165) is 26.1 Å². The topological polar surface area (TPSA) is 41.6 Å². The van der Waals surface area contributed by atoms with E-state index in [0.29, 0.717) is 12.6 Å². The second kappa shape index (κ2) is 10.3. The zero-order chi connectivity index (χ0) is 14.0. The predicted molar refractivity (Wildman–Crippen MR) is 75.7 cm³/mol. The standard InChI is InChI=1S/C14H30N2O2/c1-6-16(7-2)10-8-9-13(4)15-11-12(3)14(17)18-5/h12-13,15H,6-11H2,1-5H3/t12-,13+/m0/s1. The number of carbonyl (C=O) groups excluding carboxylic acids is 1. The van der Waals surface area contributed by atoms with E-state index in [1.165, 1.54) is 13.5 Å². The molecule has 1 N–H and O–H groups in total. The van der Waals surface area contributed by atoms with Gasteiger partial charge >= 0.3 is 5.97 Å². The summed E-state index contributed by atoms with van der Waals surface area (Å²) in [5.41, 5.74) is 0. The molecule has 0 rings (SSSR count). The fourth-order valence-electron chi connectivity index (χ4n) is 1.93. The number of nitrogens with one attached hydrogen (secondary N) is 1. The lowest BCUT2D eigenvalue weighted by atomic mass is 10.1. The highest BCUT2D eigenvalue weighted by Gasteiger charge is 2.13. The van der Waals surface area contributed by atoms with Gasteiger partial charge in [0.2, 0.25) is 0 Å². The average Bonchev–Trinajstić information content (AvgIpc) is 2.39. The number of hydrogen-bond acceptors (Lipinski definition) is 4. The van der Waals surface area contributed by atoms with Crippen molar-refractivity contribution >= 4 is 5.97 Å². The lowest BCUT2D eigenvalue weighted by Gasteiger charge is -2.20. The fraction of sp³-hybridized carbons (Fsp3) is 0.929. The molecule has 0 saturated carbocycles. The molecule has 0 aliphatic heterocycles. The quantitative estimate of drug-likeness (QED) is 0.608. The van der Waals surface area contributed by atoms with Crippen LogP contribution in [0.15, 0.2) is 0 Å². The van der Waals surface area contributed by atoms with Crippen molar-refractivity contribution in [2.24, 2.45) is 5.92 Å². The summed E-state index contributed by atoms with van der Waals surface area (Å²) < 4.78 is 4.70. The van der Waals surface area contributed by atoms with Crippen molar-refractivity contribution in [3.63, 3.8) is 0 Å². The Morgan fingerprint density at radius 2 is 1.89 bits per heavy atom. The van der Waals surface area contributed by atoms with Crippen LogP contribution in [0.1, 0.15) is 40.5 Å². The summed E-state index contributed by atoms with van der Waals surface area (Å²) in [6.07, 6.45) is 2.34. The van der Waals surface area contributed by atoms with E-state index in [2.05, 4.69) is 31.0 Å². The minimum absolute atomic E-state index is 0.0692. The third-order valence-electron chi connectivity index (χ3n) is 3.38.